The number of aliphatic hydroxyl groups excluding tert-OH is 1. The van der Waals surface area contributed by atoms with Crippen LogP contribution in [0.2, 0.25) is 5.02 Å². The number of aliphatic hydroxyl groups is 1. The van der Waals surface area contributed by atoms with Crippen molar-refractivity contribution < 1.29 is 10.3 Å². The maximum atomic E-state index is 9.49. The highest BCUT2D eigenvalue weighted by Gasteiger charge is 2.25. The van der Waals surface area contributed by atoms with E-state index in [0.29, 0.717) is 10.6 Å². The number of amidine groups is 1. The summed E-state index contributed by atoms with van der Waals surface area (Å²) >= 11 is 6.15. The fourth-order valence-corrected chi connectivity index (χ4v) is 2.83. The van der Waals surface area contributed by atoms with Crippen LogP contribution in [-0.4, -0.2) is 35.3 Å². The Kier molecular flexibility index (Phi) is 4.50. The van der Waals surface area contributed by atoms with Gasteiger partial charge in [-0.3, -0.25) is 0 Å². The van der Waals surface area contributed by atoms with E-state index in [-0.39, 0.29) is 18.5 Å². The van der Waals surface area contributed by atoms with Gasteiger partial charge in [0.2, 0.25) is 0 Å². The van der Waals surface area contributed by atoms with Crippen LogP contribution in [0.1, 0.15) is 24.8 Å². The first-order chi connectivity index (χ1) is 9.19. The van der Waals surface area contributed by atoms with Crippen molar-refractivity contribution >= 4 is 23.1 Å². The lowest BCUT2D eigenvalue weighted by Crippen LogP contribution is -2.43. The highest BCUT2D eigenvalue weighted by Crippen LogP contribution is 2.31. The molecule has 0 bridgehead atoms. The monoisotopic (exact) mass is 283 g/mol. The summed E-state index contributed by atoms with van der Waals surface area (Å²) in [5.74, 6) is -0.0112. The van der Waals surface area contributed by atoms with E-state index in [2.05, 4.69) is 10.1 Å². The molecule has 1 fully saturated rings. The third-order valence-corrected chi connectivity index (χ3v) is 3.82. The second kappa shape index (κ2) is 6.12. The van der Waals surface area contributed by atoms with E-state index in [1.807, 2.05) is 12.1 Å². The van der Waals surface area contributed by atoms with Gasteiger partial charge in [0.05, 0.1) is 23.2 Å². The number of oxime groups is 1. The number of anilines is 1. The summed E-state index contributed by atoms with van der Waals surface area (Å²) in [5.41, 5.74) is 7.04. The smallest absolute Gasteiger partial charge is 0.173 e. The Labute approximate surface area is 117 Å². The van der Waals surface area contributed by atoms with Crippen molar-refractivity contribution in [1.82, 2.24) is 0 Å². The van der Waals surface area contributed by atoms with Crippen molar-refractivity contribution in [3.63, 3.8) is 0 Å². The molecule has 0 amide bonds. The van der Waals surface area contributed by atoms with Gasteiger partial charge in [0.15, 0.2) is 5.84 Å². The van der Waals surface area contributed by atoms with Crippen molar-refractivity contribution in [2.24, 2.45) is 10.9 Å². The normalized spacial score (nSPS) is 20.6. The van der Waals surface area contributed by atoms with Crippen LogP contribution in [0.5, 0.6) is 0 Å². The summed E-state index contributed by atoms with van der Waals surface area (Å²) in [4.78, 5) is 2.09. The largest absolute Gasteiger partial charge is 0.409 e. The van der Waals surface area contributed by atoms with E-state index < -0.39 is 0 Å². The zero-order valence-electron chi connectivity index (χ0n) is 10.6. The molecule has 0 radical (unpaired) electrons. The Hall–Kier alpha value is -1.46. The van der Waals surface area contributed by atoms with Crippen molar-refractivity contribution in [2.75, 3.05) is 18.1 Å². The Morgan fingerprint density at radius 1 is 1.47 bits per heavy atom. The predicted molar refractivity (Wildman–Crippen MR) is 76.0 cm³/mol. The molecule has 1 aliphatic heterocycles. The highest BCUT2D eigenvalue weighted by molar-refractivity contribution is 6.34. The first-order valence-electron chi connectivity index (χ1n) is 6.33. The maximum Gasteiger partial charge on any atom is 0.173 e. The number of nitrogens with two attached hydrogens (primary N) is 1. The fraction of sp³-hybridized carbons (Fsp3) is 0.462. The topological polar surface area (TPSA) is 82.1 Å². The minimum atomic E-state index is -0.0112. The van der Waals surface area contributed by atoms with E-state index >= 15 is 0 Å². The first kappa shape index (κ1) is 14.0. The van der Waals surface area contributed by atoms with Gasteiger partial charge in [-0.05, 0) is 31.4 Å². The molecule has 6 heteroatoms. The number of benzene rings is 1. The molecule has 5 nitrogen and oxygen atoms in total. The molecule has 1 aliphatic rings. The van der Waals surface area contributed by atoms with E-state index in [1.54, 1.807) is 6.07 Å². The standard InChI is InChI=1S/C13H18ClN3O2/c14-10-5-3-6-11(12(10)13(15)16-19)17-7-2-1-4-9(17)8-18/h3,5-6,9,18-19H,1-2,4,7-8H2,(H2,15,16). The van der Waals surface area contributed by atoms with Crippen LogP contribution in [0.4, 0.5) is 5.69 Å². The molecule has 1 heterocycles. The predicted octanol–water partition coefficient (Wildman–Crippen LogP) is 1.79. The third kappa shape index (κ3) is 2.77. The molecule has 1 aromatic carbocycles. The van der Waals surface area contributed by atoms with Gasteiger partial charge in [0, 0.05) is 12.2 Å². The van der Waals surface area contributed by atoms with Crippen molar-refractivity contribution in [1.29, 1.82) is 0 Å². The molecule has 4 N–H and O–H groups in total. The number of hydrogen-bond acceptors (Lipinski definition) is 4. The quantitative estimate of drug-likeness (QED) is 0.342. The van der Waals surface area contributed by atoms with Gasteiger partial charge in [0.1, 0.15) is 0 Å². The molecule has 1 aromatic rings. The maximum absolute atomic E-state index is 9.49. The van der Waals surface area contributed by atoms with Gasteiger partial charge in [-0.25, -0.2) is 0 Å². The van der Waals surface area contributed by atoms with Gasteiger partial charge in [-0.1, -0.05) is 22.8 Å². The molecule has 1 unspecified atom stereocenters. The van der Waals surface area contributed by atoms with Gasteiger partial charge in [-0.15, -0.1) is 0 Å². The van der Waals surface area contributed by atoms with Gasteiger partial charge >= 0.3 is 0 Å². The van der Waals surface area contributed by atoms with Gasteiger partial charge < -0.3 is 20.9 Å². The summed E-state index contributed by atoms with van der Waals surface area (Å²) < 4.78 is 0. The fourth-order valence-electron chi connectivity index (χ4n) is 2.56. The van der Waals surface area contributed by atoms with Gasteiger partial charge in [-0.2, -0.15) is 0 Å². The summed E-state index contributed by atoms with van der Waals surface area (Å²) in [6, 6.07) is 5.47. The van der Waals surface area contributed by atoms with Crippen molar-refractivity contribution in [3.8, 4) is 0 Å². The molecular formula is C13H18ClN3O2. The Balaban J connectivity index is 2.46. The first-order valence-corrected chi connectivity index (χ1v) is 6.70. The number of halogens is 1. The lowest BCUT2D eigenvalue weighted by Gasteiger charge is -2.37. The van der Waals surface area contributed by atoms with Crippen LogP contribution in [-0.2, 0) is 0 Å². The molecule has 0 spiro atoms. The zero-order valence-corrected chi connectivity index (χ0v) is 11.3. The highest BCUT2D eigenvalue weighted by atomic mass is 35.5. The van der Waals surface area contributed by atoms with Crippen LogP contribution in [0, 0.1) is 0 Å². The molecule has 19 heavy (non-hydrogen) atoms. The van der Waals surface area contributed by atoms with Crippen LogP contribution in [0.3, 0.4) is 0 Å². The summed E-state index contributed by atoms with van der Waals surface area (Å²) in [6.07, 6.45) is 3.08. The van der Waals surface area contributed by atoms with E-state index in [4.69, 9.17) is 22.5 Å². The molecule has 104 valence electrons. The molecule has 1 saturated heterocycles. The second-order valence-corrected chi connectivity index (χ2v) is 5.05. The van der Waals surface area contributed by atoms with E-state index in [9.17, 15) is 5.11 Å². The van der Waals surface area contributed by atoms with Crippen molar-refractivity contribution in [3.05, 3.63) is 28.8 Å². The average molecular weight is 284 g/mol. The SMILES string of the molecule is NC(=NO)c1c(Cl)cccc1N1CCCCC1CO. The van der Waals surface area contributed by atoms with Crippen LogP contribution >= 0.6 is 11.6 Å². The molecule has 1 atom stereocenters. The second-order valence-electron chi connectivity index (χ2n) is 4.64. The van der Waals surface area contributed by atoms with E-state index in [1.165, 1.54) is 0 Å². The Morgan fingerprint density at radius 2 is 2.26 bits per heavy atom. The lowest BCUT2D eigenvalue weighted by atomic mass is 10.00. The lowest BCUT2D eigenvalue weighted by molar-refractivity contribution is 0.240. The third-order valence-electron chi connectivity index (χ3n) is 3.50. The number of nitrogens with zero attached hydrogens (tertiary/aromatic N) is 2. The Morgan fingerprint density at radius 3 is 2.95 bits per heavy atom. The number of piperidine rings is 1. The van der Waals surface area contributed by atoms with Crippen LogP contribution in [0.25, 0.3) is 0 Å². The minimum absolute atomic E-state index is 0.0112. The zero-order chi connectivity index (χ0) is 13.8. The molecular weight excluding hydrogens is 266 g/mol. The molecule has 0 saturated carbocycles. The molecule has 0 aliphatic carbocycles. The van der Waals surface area contributed by atoms with Crippen LogP contribution in [0.15, 0.2) is 23.4 Å². The summed E-state index contributed by atoms with van der Waals surface area (Å²) in [7, 11) is 0. The average Bonchev–Trinajstić information content (AvgIpc) is 2.46. The number of hydrogen-bond donors (Lipinski definition) is 3. The van der Waals surface area contributed by atoms with Gasteiger partial charge in [0.25, 0.3) is 0 Å². The summed E-state index contributed by atoms with van der Waals surface area (Å²) in [6.45, 7) is 0.916. The number of rotatable bonds is 3. The van der Waals surface area contributed by atoms with E-state index in [0.717, 1.165) is 31.5 Å². The summed E-state index contributed by atoms with van der Waals surface area (Å²) in [5, 5.41) is 21.9. The Bertz CT molecular complexity index is 479. The minimum Gasteiger partial charge on any atom is -0.409 e. The molecule has 0 aromatic heterocycles. The molecule has 2 rings (SSSR count). The van der Waals surface area contributed by atoms with Crippen molar-refractivity contribution in [2.45, 2.75) is 25.3 Å². The van der Waals surface area contributed by atoms with Crippen LogP contribution < -0.4 is 10.6 Å².